The van der Waals surface area contributed by atoms with Crippen LogP contribution in [0.15, 0.2) is 45.1 Å². The fraction of sp³-hybridized carbons (Fsp3) is 0.350. The average molecular weight is 367 g/mol. The first kappa shape index (κ1) is 17.3. The van der Waals surface area contributed by atoms with Crippen LogP contribution in [0.4, 0.5) is 5.82 Å². The maximum atomic E-state index is 13.0. The summed E-state index contributed by atoms with van der Waals surface area (Å²) >= 11 is 0. The maximum Gasteiger partial charge on any atom is 0.329 e. The molecule has 3 N–H and O–H groups in total. The number of Topliss-reactive ketones (excluding diaryl/α,β-unsaturated/α-hetero) is 1. The number of aromatic nitrogens is 2. The van der Waals surface area contributed by atoms with Gasteiger partial charge in [0.15, 0.2) is 5.78 Å². The molecule has 1 aliphatic carbocycles. The van der Waals surface area contributed by atoms with Gasteiger partial charge >= 0.3 is 5.69 Å². The molecule has 0 saturated carbocycles. The van der Waals surface area contributed by atoms with Gasteiger partial charge in [0, 0.05) is 30.7 Å². The van der Waals surface area contributed by atoms with Crippen molar-refractivity contribution < 1.29 is 9.90 Å². The van der Waals surface area contributed by atoms with Crippen LogP contribution in [0, 0.1) is 5.41 Å². The van der Waals surface area contributed by atoms with Crippen molar-refractivity contribution in [3.63, 3.8) is 0 Å². The number of aromatic amines is 1. The number of benzene rings is 1. The molecule has 140 valence electrons. The Balaban J connectivity index is 2.04. The lowest BCUT2D eigenvalue weighted by atomic mass is 9.69. The van der Waals surface area contributed by atoms with Gasteiger partial charge in [-0.1, -0.05) is 26.0 Å². The first-order valence-electron chi connectivity index (χ1n) is 8.83. The molecule has 7 heteroatoms. The number of allylic oxidation sites excluding steroid dienone is 2. The normalized spacial score (nSPS) is 20.7. The molecule has 0 bridgehead atoms. The Bertz CT molecular complexity index is 1100. The second-order valence-corrected chi connectivity index (χ2v) is 8.06. The molecule has 7 nitrogen and oxygen atoms in total. The van der Waals surface area contributed by atoms with E-state index in [2.05, 4.69) is 10.3 Å². The standard InChI is InChI=1S/C20H21N3O4/c1-20(2)8-12-15(13(25)9-20)14(10-4-6-11(24)7-5-10)16-17(21-12)23(3)19(27)22-18(16)26/h4-7,14,21,24H,8-9H2,1-3H3,(H,22,26,27). The topological polar surface area (TPSA) is 104 Å². The summed E-state index contributed by atoms with van der Waals surface area (Å²) in [4.78, 5) is 40.2. The third-order valence-electron chi connectivity index (χ3n) is 5.35. The summed E-state index contributed by atoms with van der Waals surface area (Å²) in [6, 6.07) is 6.48. The highest BCUT2D eigenvalue weighted by atomic mass is 16.3. The number of hydrogen-bond acceptors (Lipinski definition) is 5. The average Bonchev–Trinajstić information content (AvgIpc) is 2.57. The van der Waals surface area contributed by atoms with Crippen molar-refractivity contribution in [2.24, 2.45) is 12.5 Å². The van der Waals surface area contributed by atoms with Crippen molar-refractivity contribution in [3.05, 3.63) is 67.5 Å². The first-order chi connectivity index (χ1) is 12.7. The molecule has 1 atom stereocenters. The largest absolute Gasteiger partial charge is 0.508 e. The molecule has 0 spiro atoms. The summed E-state index contributed by atoms with van der Waals surface area (Å²) in [6.45, 7) is 4.05. The Morgan fingerprint density at radius 2 is 1.78 bits per heavy atom. The number of fused-ring (bicyclic) bond motifs is 1. The molecule has 1 aliphatic heterocycles. The second kappa shape index (κ2) is 5.70. The van der Waals surface area contributed by atoms with Gasteiger partial charge in [0.25, 0.3) is 5.56 Å². The number of H-pyrrole nitrogens is 1. The second-order valence-electron chi connectivity index (χ2n) is 8.06. The summed E-state index contributed by atoms with van der Waals surface area (Å²) in [6.07, 6.45) is 1.03. The van der Waals surface area contributed by atoms with Gasteiger partial charge in [0.05, 0.1) is 5.56 Å². The third kappa shape index (κ3) is 2.70. The molecule has 0 fully saturated rings. The number of hydrogen-bond donors (Lipinski definition) is 3. The molecule has 2 heterocycles. The lowest BCUT2D eigenvalue weighted by molar-refractivity contribution is -0.118. The van der Waals surface area contributed by atoms with E-state index >= 15 is 0 Å². The van der Waals surface area contributed by atoms with Crippen LogP contribution in [0.5, 0.6) is 5.75 Å². The highest BCUT2D eigenvalue weighted by molar-refractivity contribution is 6.01. The van der Waals surface area contributed by atoms with Crippen LogP contribution in [0.3, 0.4) is 0 Å². The summed E-state index contributed by atoms with van der Waals surface area (Å²) in [7, 11) is 1.58. The number of nitrogens with zero attached hydrogens (tertiary/aromatic N) is 1. The van der Waals surface area contributed by atoms with Crippen LogP contribution in [0.2, 0.25) is 0 Å². The molecule has 4 rings (SSSR count). The Morgan fingerprint density at radius 3 is 2.44 bits per heavy atom. The van der Waals surface area contributed by atoms with E-state index in [4.69, 9.17) is 0 Å². The van der Waals surface area contributed by atoms with Gasteiger partial charge in [-0.25, -0.2) is 4.79 Å². The highest BCUT2D eigenvalue weighted by Crippen LogP contribution is 2.47. The fourth-order valence-electron chi connectivity index (χ4n) is 4.13. The highest BCUT2D eigenvalue weighted by Gasteiger charge is 2.42. The Labute approximate surface area is 155 Å². The van der Waals surface area contributed by atoms with Crippen molar-refractivity contribution >= 4 is 11.6 Å². The number of carbonyl (C=O) groups is 1. The van der Waals surface area contributed by atoms with Gasteiger partial charge in [0.1, 0.15) is 11.6 Å². The number of ketones is 1. The summed E-state index contributed by atoms with van der Waals surface area (Å²) in [5.41, 5.74) is 1.15. The van der Waals surface area contributed by atoms with Crippen molar-refractivity contribution in [2.75, 3.05) is 5.32 Å². The number of rotatable bonds is 1. The van der Waals surface area contributed by atoms with Gasteiger partial charge in [-0.05, 0) is 29.5 Å². The summed E-state index contributed by atoms with van der Waals surface area (Å²) in [5, 5.41) is 12.8. The molecular weight excluding hydrogens is 346 g/mol. The SMILES string of the molecule is Cn1c2c(c(=O)[nH]c1=O)C(c1ccc(O)cc1)C1=C(CC(C)(C)CC1=O)N2. The zero-order chi connectivity index (χ0) is 19.5. The van der Waals surface area contributed by atoms with E-state index in [1.54, 1.807) is 19.2 Å². The van der Waals surface area contributed by atoms with Gasteiger partial charge in [-0.15, -0.1) is 0 Å². The minimum atomic E-state index is -0.587. The quantitative estimate of drug-likeness (QED) is 0.715. The van der Waals surface area contributed by atoms with Crippen molar-refractivity contribution in [1.29, 1.82) is 0 Å². The van der Waals surface area contributed by atoms with E-state index in [-0.39, 0.29) is 16.9 Å². The number of phenolic OH excluding ortho intramolecular Hbond substituents is 1. The predicted molar refractivity (Wildman–Crippen MR) is 101 cm³/mol. The van der Waals surface area contributed by atoms with Crippen molar-refractivity contribution in [1.82, 2.24) is 9.55 Å². The molecule has 0 radical (unpaired) electrons. The van der Waals surface area contributed by atoms with E-state index in [0.29, 0.717) is 29.8 Å². The van der Waals surface area contributed by atoms with Crippen molar-refractivity contribution in [3.8, 4) is 5.75 Å². The third-order valence-corrected chi connectivity index (χ3v) is 5.35. The van der Waals surface area contributed by atoms with Crippen LogP contribution >= 0.6 is 0 Å². The van der Waals surface area contributed by atoms with Gasteiger partial charge in [-0.3, -0.25) is 19.1 Å². The summed E-state index contributed by atoms with van der Waals surface area (Å²) in [5.74, 6) is -0.0830. The molecule has 2 aromatic rings. The molecule has 27 heavy (non-hydrogen) atoms. The smallest absolute Gasteiger partial charge is 0.329 e. The van der Waals surface area contributed by atoms with E-state index in [0.717, 1.165) is 11.3 Å². The van der Waals surface area contributed by atoms with Crippen LogP contribution in [0.25, 0.3) is 0 Å². The van der Waals surface area contributed by atoms with E-state index < -0.39 is 17.2 Å². The molecular formula is C20H21N3O4. The fourth-order valence-corrected chi connectivity index (χ4v) is 4.13. The lowest BCUT2D eigenvalue weighted by Crippen LogP contribution is -2.41. The maximum absolute atomic E-state index is 13.0. The zero-order valence-corrected chi connectivity index (χ0v) is 15.4. The molecule has 1 aromatic carbocycles. The minimum absolute atomic E-state index is 0.00859. The monoisotopic (exact) mass is 367 g/mol. The van der Waals surface area contributed by atoms with Crippen LogP contribution in [-0.4, -0.2) is 20.4 Å². The Morgan fingerprint density at radius 1 is 1.11 bits per heavy atom. The Hall–Kier alpha value is -3.09. The summed E-state index contributed by atoms with van der Waals surface area (Å²) < 4.78 is 1.36. The number of anilines is 1. The van der Waals surface area contributed by atoms with Crippen LogP contribution < -0.4 is 16.6 Å². The van der Waals surface area contributed by atoms with E-state index in [1.807, 2.05) is 13.8 Å². The molecule has 2 aliphatic rings. The van der Waals surface area contributed by atoms with E-state index in [9.17, 15) is 19.5 Å². The number of aromatic hydroxyl groups is 1. The molecule has 0 amide bonds. The minimum Gasteiger partial charge on any atom is -0.508 e. The zero-order valence-electron chi connectivity index (χ0n) is 15.4. The molecule has 0 saturated heterocycles. The van der Waals surface area contributed by atoms with Gasteiger partial charge in [0.2, 0.25) is 0 Å². The number of nitrogens with one attached hydrogen (secondary N) is 2. The molecule has 1 unspecified atom stereocenters. The van der Waals surface area contributed by atoms with Crippen LogP contribution in [0.1, 0.15) is 43.7 Å². The van der Waals surface area contributed by atoms with Crippen molar-refractivity contribution in [2.45, 2.75) is 32.6 Å². The molecule has 1 aromatic heterocycles. The van der Waals surface area contributed by atoms with Crippen LogP contribution in [-0.2, 0) is 11.8 Å². The Kier molecular flexibility index (Phi) is 3.66. The van der Waals surface area contributed by atoms with Gasteiger partial charge < -0.3 is 10.4 Å². The predicted octanol–water partition coefficient (Wildman–Crippen LogP) is 1.98. The number of carbonyl (C=O) groups excluding carboxylic acids is 1. The number of phenols is 1. The lowest BCUT2D eigenvalue weighted by Gasteiger charge is -2.39. The van der Waals surface area contributed by atoms with Gasteiger partial charge in [-0.2, -0.15) is 0 Å². The van der Waals surface area contributed by atoms with E-state index in [1.165, 1.54) is 16.7 Å². The first-order valence-corrected chi connectivity index (χ1v) is 8.83.